The summed E-state index contributed by atoms with van der Waals surface area (Å²) in [4.78, 5) is 0. The topological polar surface area (TPSA) is 68.9 Å². The molecule has 0 saturated carbocycles. The zero-order valence-corrected chi connectivity index (χ0v) is 15.7. The molecule has 0 unspecified atom stereocenters. The third-order valence-electron chi connectivity index (χ3n) is 3.55. The minimum Gasteiger partial charge on any atom is -0.350 e. The van der Waals surface area contributed by atoms with Crippen molar-refractivity contribution in [2.75, 3.05) is 17.2 Å². The molecule has 0 saturated heterocycles. The highest BCUT2D eigenvalue weighted by Gasteiger charge is 2.27. The van der Waals surface area contributed by atoms with E-state index in [4.69, 9.17) is 12.2 Å². The van der Waals surface area contributed by atoms with E-state index in [-0.39, 0.29) is 24.2 Å². The average Bonchev–Trinajstić information content (AvgIpc) is 3.25. The van der Waals surface area contributed by atoms with Gasteiger partial charge < -0.3 is 15.4 Å². The van der Waals surface area contributed by atoms with Crippen molar-refractivity contribution >= 4 is 28.8 Å². The van der Waals surface area contributed by atoms with Gasteiger partial charge in [-0.15, -0.1) is 0 Å². The van der Waals surface area contributed by atoms with Crippen LogP contribution in [0, 0.1) is 5.82 Å². The molecular weight excluding hydrogens is 412 g/mol. The standard InChI is InChI=1S/C17H16F4N6OS/c18-14-4-2-1-3-12(14)8-26-6-5-15(25-26)24-16(29)23-13-7-22-27(9-13)11-28-10-17(19,20)21/h1-7,9H,8,10-11H2,(H2,23,24,25,29). The maximum Gasteiger partial charge on any atom is 0.411 e. The molecule has 0 aliphatic heterocycles. The van der Waals surface area contributed by atoms with Crippen molar-refractivity contribution < 1.29 is 22.3 Å². The number of nitrogens with zero attached hydrogens (tertiary/aromatic N) is 4. The Morgan fingerprint density at radius 3 is 2.69 bits per heavy atom. The summed E-state index contributed by atoms with van der Waals surface area (Å²) in [6, 6.07) is 8.08. The number of nitrogens with one attached hydrogen (secondary N) is 2. The van der Waals surface area contributed by atoms with Crippen LogP contribution in [0.4, 0.5) is 29.1 Å². The molecule has 2 heterocycles. The Labute approximate surface area is 168 Å². The lowest BCUT2D eigenvalue weighted by atomic mass is 10.2. The molecule has 2 N–H and O–H groups in total. The minimum absolute atomic E-state index is 0.205. The van der Waals surface area contributed by atoms with Gasteiger partial charge in [-0.25, -0.2) is 9.07 Å². The number of thiocarbonyl (C=S) groups is 1. The third-order valence-corrected chi connectivity index (χ3v) is 3.76. The molecule has 0 aliphatic rings. The lowest BCUT2D eigenvalue weighted by molar-refractivity contribution is -0.182. The van der Waals surface area contributed by atoms with Crippen LogP contribution in [0.1, 0.15) is 5.56 Å². The molecule has 12 heteroatoms. The second kappa shape index (κ2) is 9.01. The van der Waals surface area contributed by atoms with Crippen LogP contribution in [-0.4, -0.2) is 37.5 Å². The van der Waals surface area contributed by atoms with Crippen LogP contribution in [0.25, 0.3) is 0 Å². The Hall–Kier alpha value is -2.99. The lowest BCUT2D eigenvalue weighted by Crippen LogP contribution is -2.19. The maximum absolute atomic E-state index is 13.7. The van der Waals surface area contributed by atoms with Crippen molar-refractivity contribution in [2.24, 2.45) is 0 Å². The van der Waals surface area contributed by atoms with Crippen LogP contribution in [-0.2, 0) is 18.0 Å². The second-order valence-electron chi connectivity index (χ2n) is 5.93. The van der Waals surface area contributed by atoms with Crippen LogP contribution in [0.2, 0.25) is 0 Å². The van der Waals surface area contributed by atoms with Gasteiger partial charge in [-0.05, 0) is 18.3 Å². The Kier molecular flexibility index (Phi) is 6.44. The highest BCUT2D eigenvalue weighted by atomic mass is 32.1. The first-order chi connectivity index (χ1) is 13.8. The fourth-order valence-electron chi connectivity index (χ4n) is 2.35. The van der Waals surface area contributed by atoms with Gasteiger partial charge in [0.1, 0.15) is 19.2 Å². The molecule has 0 spiro atoms. The molecule has 29 heavy (non-hydrogen) atoms. The van der Waals surface area contributed by atoms with Crippen LogP contribution < -0.4 is 10.6 Å². The van der Waals surface area contributed by atoms with E-state index in [1.165, 1.54) is 23.1 Å². The van der Waals surface area contributed by atoms with Gasteiger partial charge in [-0.2, -0.15) is 23.4 Å². The summed E-state index contributed by atoms with van der Waals surface area (Å²) in [5.41, 5.74) is 0.965. The number of halogens is 4. The summed E-state index contributed by atoms with van der Waals surface area (Å²) in [5, 5.41) is 14.0. The molecule has 0 bridgehead atoms. The molecule has 3 aromatic rings. The second-order valence-corrected chi connectivity index (χ2v) is 6.34. The van der Waals surface area contributed by atoms with Crippen molar-refractivity contribution in [1.29, 1.82) is 0 Å². The Morgan fingerprint density at radius 1 is 1.14 bits per heavy atom. The number of alkyl halides is 3. The number of benzene rings is 1. The molecule has 0 fully saturated rings. The zero-order valence-electron chi connectivity index (χ0n) is 14.9. The molecule has 154 valence electrons. The molecule has 3 rings (SSSR count). The largest absolute Gasteiger partial charge is 0.411 e. The summed E-state index contributed by atoms with van der Waals surface area (Å²) in [5.74, 6) is 0.130. The monoisotopic (exact) mass is 428 g/mol. The molecule has 0 amide bonds. The van der Waals surface area contributed by atoms with Crippen LogP contribution in [0.5, 0.6) is 0 Å². The predicted molar refractivity (Wildman–Crippen MR) is 102 cm³/mol. The molecule has 1 aromatic carbocycles. The van der Waals surface area contributed by atoms with E-state index in [9.17, 15) is 17.6 Å². The van der Waals surface area contributed by atoms with E-state index in [0.29, 0.717) is 17.1 Å². The Balaban J connectivity index is 1.49. The van der Waals surface area contributed by atoms with Crippen molar-refractivity contribution in [1.82, 2.24) is 19.6 Å². The van der Waals surface area contributed by atoms with E-state index < -0.39 is 12.8 Å². The van der Waals surface area contributed by atoms with Crippen LogP contribution >= 0.6 is 12.2 Å². The quantitative estimate of drug-likeness (QED) is 0.443. The molecule has 0 atom stereocenters. The molecule has 7 nitrogen and oxygen atoms in total. The molecule has 0 aliphatic carbocycles. The number of rotatable bonds is 7. The van der Waals surface area contributed by atoms with Crippen molar-refractivity contribution in [3.05, 3.63) is 60.3 Å². The first-order valence-electron chi connectivity index (χ1n) is 8.30. The summed E-state index contributed by atoms with van der Waals surface area (Å²) in [6.07, 6.45) is 0.117. The molecule has 0 radical (unpaired) electrons. The number of hydrogen-bond acceptors (Lipinski definition) is 4. The van der Waals surface area contributed by atoms with Crippen LogP contribution in [0.15, 0.2) is 48.9 Å². The Bertz CT molecular complexity index is 971. The fourth-order valence-corrected chi connectivity index (χ4v) is 2.57. The molecule has 2 aromatic heterocycles. The number of ether oxygens (including phenoxy) is 1. The van der Waals surface area contributed by atoms with E-state index in [1.807, 2.05) is 0 Å². The smallest absolute Gasteiger partial charge is 0.350 e. The predicted octanol–water partition coefficient (Wildman–Crippen LogP) is 3.61. The third kappa shape index (κ3) is 6.54. The van der Waals surface area contributed by atoms with Gasteiger partial charge in [-0.3, -0.25) is 4.68 Å². The van der Waals surface area contributed by atoms with E-state index in [2.05, 4.69) is 25.6 Å². The highest BCUT2D eigenvalue weighted by molar-refractivity contribution is 7.80. The summed E-state index contributed by atoms with van der Waals surface area (Å²) in [7, 11) is 0. The number of hydrogen-bond donors (Lipinski definition) is 2. The fraction of sp³-hybridized carbons (Fsp3) is 0.235. The summed E-state index contributed by atoms with van der Waals surface area (Å²) < 4.78 is 57.2. The molecular formula is C17H16F4N6OS. The zero-order chi connectivity index (χ0) is 20.9. The Morgan fingerprint density at radius 2 is 1.93 bits per heavy atom. The van der Waals surface area contributed by atoms with E-state index in [1.54, 1.807) is 35.1 Å². The highest BCUT2D eigenvalue weighted by Crippen LogP contribution is 2.15. The van der Waals surface area contributed by atoms with Gasteiger partial charge in [0.25, 0.3) is 0 Å². The van der Waals surface area contributed by atoms with Gasteiger partial charge >= 0.3 is 6.18 Å². The maximum atomic E-state index is 13.7. The van der Waals surface area contributed by atoms with E-state index in [0.717, 1.165) is 0 Å². The van der Waals surface area contributed by atoms with Gasteiger partial charge in [0, 0.05) is 17.8 Å². The summed E-state index contributed by atoms with van der Waals surface area (Å²) in [6.45, 7) is -1.44. The van der Waals surface area contributed by atoms with Crippen molar-refractivity contribution in [2.45, 2.75) is 19.5 Å². The summed E-state index contributed by atoms with van der Waals surface area (Å²) >= 11 is 5.17. The van der Waals surface area contributed by atoms with Gasteiger partial charge in [0.05, 0.1) is 24.6 Å². The average molecular weight is 428 g/mol. The van der Waals surface area contributed by atoms with Gasteiger partial charge in [-0.1, -0.05) is 18.2 Å². The minimum atomic E-state index is -4.39. The SMILES string of the molecule is Fc1ccccc1Cn1ccc(NC(=S)Nc2cnn(COCC(F)(F)F)c2)n1. The number of aromatic nitrogens is 4. The van der Waals surface area contributed by atoms with Crippen molar-refractivity contribution in [3.63, 3.8) is 0 Å². The van der Waals surface area contributed by atoms with Crippen LogP contribution in [0.3, 0.4) is 0 Å². The van der Waals surface area contributed by atoms with E-state index >= 15 is 0 Å². The first-order valence-corrected chi connectivity index (χ1v) is 8.71. The van der Waals surface area contributed by atoms with Crippen molar-refractivity contribution in [3.8, 4) is 0 Å². The number of anilines is 2. The normalized spacial score (nSPS) is 11.4. The van der Waals surface area contributed by atoms with Gasteiger partial charge in [0.15, 0.2) is 10.9 Å². The van der Waals surface area contributed by atoms with Gasteiger partial charge in [0.2, 0.25) is 0 Å². The lowest BCUT2D eigenvalue weighted by Gasteiger charge is -2.08. The first kappa shape index (κ1) is 20.7.